The fraction of sp³-hybridized carbons (Fsp3) is 0.385. The molecule has 0 aromatic heterocycles. The summed E-state index contributed by atoms with van der Waals surface area (Å²) in [6.45, 7) is 0.0362. The zero-order valence-corrected chi connectivity index (χ0v) is 9.99. The van der Waals surface area contributed by atoms with Gasteiger partial charge in [-0.25, -0.2) is 0 Å². The highest BCUT2D eigenvalue weighted by Crippen LogP contribution is 2.50. The maximum absolute atomic E-state index is 11.8. The second-order valence-corrected chi connectivity index (χ2v) is 4.62. The largest absolute Gasteiger partial charge is 0.482 e. The van der Waals surface area contributed by atoms with Crippen molar-refractivity contribution in [3.05, 3.63) is 23.8 Å². The summed E-state index contributed by atoms with van der Waals surface area (Å²) in [6, 6.07) is 5.45. The predicted molar refractivity (Wildman–Crippen MR) is 63.5 cm³/mol. The fourth-order valence-corrected chi connectivity index (χ4v) is 2.31. The number of ether oxygens (including phenoxy) is 2. The second-order valence-electron chi connectivity index (χ2n) is 4.62. The number of carbonyl (C=O) groups is 2. The van der Waals surface area contributed by atoms with Crippen molar-refractivity contribution in [1.82, 2.24) is 0 Å². The predicted octanol–water partition coefficient (Wildman–Crippen LogP) is 1.22. The van der Waals surface area contributed by atoms with Gasteiger partial charge in [-0.1, -0.05) is 6.07 Å². The highest BCUT2D eigenvalue weighted by atomic mass is 16.5. The topological polar surface area (TPSA) is 64.6 Å². The van der Waals surface area contributed by atoms with Crippen molar-refractivity contribution in [2.45, 2.75) is 18.3 Å². The molecule has 1 saturated carbocycles. The van der Waals surface area contributed by atoms with Crippen molar-refractivity contribution in [3.8, 4) is 5.75 Å². The number of nitrogens with one attached hydrogen (secondary N) is 1. The molecule has 0 unspecified atom stereocenters. The monoisotopic (exact) mass is 247 g/mol. The lowest BCUT2D eigenvalue weighted by Gasteiger charge is -2.20. The average molecular weight is 247 g/mol. The van der Waals surface area contributed by atoms with Crippen LogP contribution in [0.4, 0.5) is 5.69 Å². The van der Waals surface area contributed by atoms with Gasteiger partial charge in [-0.05, 0) is 30.5 Å². The summed E-state index contributed by atoms with van der Waals surface area (Å²) in [5.41, 5.74) is 0.976. The number of anilines is 1. The van der Waals surface area contributed by atoms with Gasteiger partial charge >= 0.3 is 5.97 Å². The first-order chi connectivity index (χ1) is 8.65. The van der Waals surface area contributed by atoms with Crippen LogP contribution >= 0.6 is 0 Å². The number of hydrogen-bond acceptors (Lipinski definition) is 4. The lowest BCUT2D eigenvalue weighted by molar-refractivity contribution is -0.143. The van der Waals surface area contributed by atoms with E-state index < -0.39 is 5.41 Å². The summed E-state index contributed by atoms with van der Waals surface area (Å²) in [5.74, 6) is 0.243. The molecule has 1 aromatic rings. The van der Waals surface area contributed by atoms with E-state index in [2.05, 4.69) is 5.32 Å². The number of esters is 1. The molecule has 0 spiro atoms. The summed E-state index contributed by atoms with van der Waals surface area (Å²) < 4.78 is 10.1. The maximum atomic E-state index is 11.8. The average Bonchev–Trinajstić information content (AvgIpc) is 3.18. The quantitative estimate of drug-likeness (QED) is 0.798. The van der Waals surface area contributed by atoms with Crippen molar-refractivity contribution < 1.29 is 19.1 Å². The number of carbonyl (C=O) groups excluding carboxylic acids is 2. The van der Waals surface area contributed by atoms with Crippen LogP contribution in [-0.4, -0.2) is 25.6 Å². The number of hydrogen-bond donors (Lipinski definition) is 1. The Labute approximate surface area is 104 Å². The SMILES string of the molecule is COC(=O)C1(c2ccc3c(c2)NC(=O)CO3)CC1. The van der Waals surface area contributed by atoms with E-state index in [0.29, 0.717) is 11.4 Å². The van der Waals surface area contributed by atoms with Crippen molar-refractivity contribution in [2.24, 2.45) is 0 Å². The van der Waals surface area contributed by atoms with E-state index in [-0.39, 0.29) is 18.5 Å². The normalized spacial score (nSPS) is 19.3. The van der Waals surface area contributed by atoms with Gasteiger partial charge in [-0.3, -0.25) is 9.59 Å². The van der Waals surface area contributed by atoms with Gasteiger partial charge in [-0.2, -0.15) is 0 Å². The van der Waals surface area contributed by atoms with Gasteiger partial charge < -0.3 is 14.8 Å². The van der Waals surface area contributed by atoms with E-state index in [4.69, 9.17) is 9.47 Å². The molecule has 0 radical (unpaired) electrons. The standard InChI is InChI=1S/C13H13NO4/c1-17-12(16)13(4-5-13)8-2-3-10-9(6-8)14-11(15)7-18-10/h2-3,6H,4-5,7H2,1H3,(H,14,15). The Kier molecular flexibility index (Phi) is 2.29. The molecule has 5 nitrogen and oxygen atoms in total. The fourth-order valence-electron chi connectivity index (χ4n) is 2.31. The third-order valence-electron chi connectivity index (χ3n) is 3.49. The molecule has 1 amide bonds. The van der Waals surface area contributed by atoms with Gasteiger partial charge in [-0.15, -0.1) is 0 Å². The Morgan fingerprint density at radius 3 is 2.89 bits per heavy atom. The zero-order valence-electron chi connectivity index (χ0n) is 9.99. The molecule has 2 aliphatic rings. The second kappa shape index (κ2) is 3.73. The third kappa shape index (κ3) is 1.54. The maximum Gasteiger partial charge on any atom is 0.316 e. The molecular formula is C13H13NO4. The summed E-state index contributed by atoms with van der Waals surface area (Å²) in [4.78, 5) is 23.1. The molecule has 5 heteroatoms. The number of methoxy groups -OCH3 is 1. The van der Waals surface area contributed by atoms with Gasteiger partial charge in [0.25, 0.3) is 5.91 Å². The molecule has 3 rings (SSSR count). The Morgan fingerprint density at radius 2 is 2.22 bits per heavy atom. The molecule has 18 heavy (non-hydrogen) atoms. The zero-order chi connectivity index (χ0) is 12.8. The van der Waals surface area contributed by atoms with Crippen LogP contribution < -0.4 is 10.1 Å². The third-order valence-corrected chi connectivity index (χ3v) is 3.49. The molecular weight excluding hydrogens is 234 g/mol. The van der Waals surface area contributed by atoms with E-state index in [1.54, 1.807) is 12.1 Å². The molecule has 1 aromatic carbocycles. The van der Waals surface area contributed by atoms with Crippen LogP contribution in [-0.2, 0) is 19.7 Å². The highest BCUT2D eigenvalue weighted by molar-refractivity contribution is 5.96. The lowest BCUT2D eigenvalue weighted by atomic mass is 9.95. The van der Waals surface area contributed by atoms with E-state index in [0.717, 1.165) is 18.4 Å². The first-order valence-corrected chi connectivity index (χ1v) is 5.81. The molecule has 94 valence electrons. The summed E-state index contributed by atoms with van der Waals surface area (Å²) in [5, 5.41) is 2.74. The van der Waals surface area contributed by atoms with Gasteiger partial charge in [0, 0.05) is 0 Å². The van der Waals surface area contributed by atoms with Gasteiger partial charge in [0.15, 0.2) is 6.61 Å². The Balaban J connectivity index is 1.98. The van der Waals surface area contributed by atoms with E-state index in [9.17, 15) is 9.59 Å². The van der Waals surface area contributed by atoms with Gasteiger partial charge in [0.2, 0.25) is 0 Å². The van der Waals surface area contributed by atoms with Crippen molar-refractivity contribution in [3.63, 3.8) is 0 Å². The molecule has 1 aliphatic carbocycles. The summed E-state index contributed by atoms with van der Waals surface area (Å²) in [6.07, 6.45) is 1.57. The van der Waals surface area contributed by atoms with Crippen molar-refractivity contribution >= 4 is 17.6 Å². The smallest absolute Gasteiger partial charge is 0.316 e. The lowest BCUT2D eigenvalue weighted by Crippen LogP contribution is -2.26. The molecule has 0 atom stereocenters. The van der Waals surface area contributed by atoms with E-state index >= 15 is 0 Å². The summed E-state index contributed by atoms with van der Waals surface area (Å²) >= 11 is 0. The van der Waals surface area contributed by atoms with Crippen LogP contribution in [0.5, 0.6) is 5.75 Å². The van der Waals surface area contributed by atoms with Crippen LogP contribution in [0.1, 0.15) is 18.4 Å². The van der Waals surface area contributed by atoms with Crippen LogP contribution in [0.3, 0.4) is 0 Å². The van der Waals surface area contributed by atoms with Crippen LogP contribution in [0.25, 0.3) is 0 Å². The minimum atomic E-state index is -0.522. The number of benzene rings is 1. The van der Waals surface area contributed by atoms with Crippen LogP contribution in [0.2, 0.25) is 0 Å². The first kappa shape index (κ1) is 11.1. The van der Waals surface area contributed by atoms with E-state index in [1.807, 2.05) is 6.07 Å². The molecule has 1 aliphatic heterocycles. The Morgan fingerprint density at radius 1 is 1.44 bits per heavy atom. The van der Waals surface area contributed by atoms with Crippen LogP contribution in [0.15, 0.2) is 18.2 Å². The number of fused-ring (bicyclic) bond motifs is 1. The molecule has 0 saturated heterocycles. The minimum Gasteiger partial charge on any atom is -0.482 e. The Bertz CT molecular complexity index is 534. The van der Waals surface area contributed by atoms with E-state index in [1.165, 1.54) is 7.11 Å². The minimum absolute atomic E-state index is 0.0362. The van der Waals surface area contributed by atoms with Gasteiger partial charge in [0.1, 0.15) is 5.75 Å². The van der Waals surface area contributed by atoms with Crippen molar-refractivity contribution in [1.29, 1.82) is 0 Å². The first-order valence-electron chi connectivity index (χ1n) is 5.81. The van der Waals surface area contributed by atoms with Crippen LogP contribution in [0, 0.1) is 0 Å². The number of amides is 1. The van der Waals surface area contributed by atoms with Crippen molar-refractivity contribution in [2.75, 3.05) is 19.0 Å². The summed E-state index contributed by atoms with van der Waals surface area (Å²) in [7, 11) is 1.39. The highest BCUT2D eigenvalue weighted by Gasteiger charge is 2.52. The Hall–Kier alpha value is -2.04. The molecule has 0 bridgehead atoms. The molecule has 1 N–H and O–H groups in total. The number of rotatable bonds is 2. The molecule has 1 fully saturated rings. The van der Waals surface area contributed by atoms with Gasteiger partial charge in [0.05, 0.1) is 18.2 Å². The molecule has 1 heterocycles.